The predicted octanol–water partition coefficient (Wildman–Crippen LogP) is 5.50. The molecule has 0 spiro atoms. The Labute approximate surface area is 134 Å². The minimum Gasteiger partial charge on any atom is -0.306 e. The Kier molecular flexibility index (Phi) is 5.64. The maximum atomic E-state index is 6.39. The fourth-order valence-electron chi connectivity index (χ4n) is 2.31. The molecule has 1 atom stereocenters. The quantitative estimate of drug-likeness (QED) is 0.749. The van der Waals surface area contributed by atoms with Crippen molar-refractivity contribution < 1.29 is 0 Å². The molecular weight excluding hydrogens is 334 g/mol. The molecular formula is C17H19BrClN. The summed E-state index contributed by atoms with van der Waals surface area (Å²) in [5, 5.41) is 4.41. The summed E-state index contributed by atoms with van der Waals surface area (Å²) in [6.45, 7) is 5.27. The van der Waals surface area contributed by atoms with E-state index in [1.165, 1.54) is 11.1 Å². The summed E-state index contributed by atoms with van der Waals surface area (Å²) >= 11 is 9.95. The first-order chi connectivity index (χ1) is 9.63. The Hall–Kier alpha value is -0.830. The molecule has 0 fully saturated rings. The van der Waals surface area contributed by atoms with Gasteiger partial charge in [-0.1, -0.05) is 58.7 Å². The van der Waals surface area contributed by atoms with Crippen LogP contribution in [-0.2, 0) is 0 Å². The number of benzene rings is 2. The van der Waals surface area contributed by atoms with Gasteiger partial charge in [-0.25, -0.2) is 0 Å². The van der Waals surface area contributed by atoms with Gasteiger partial charge in [-0.2, -0.15) is 0 Å². The molecule has 0 saturated carbocycles. The molecule has 0 bridgehead atoms. The number of nitrogens with one attached hydrogen (secondary N) is 1. The number of rotatable bonds is 5. The van der Waals surface area contributed by atoms with E-state index in [9.17, 15) is 0 Å². The van der Waals surface area contributed by atoms with E-state index in [2.05, 4.69) is 59.4 Å². The van der Waals surface area contributed by atoms with Crippen molar-refractivity contribution in [3.8, 4) is 0 Å². The van der Waals surface area contributed by atoms with Crippen LogP contribution in [-0.4, -0.2) is 6.54 Å². The van der Waals surface area contributed by atoms with E-state index in [4.69, 9.17) is 11.6 Å². The Morgan fingerprint density at radius 3 is 2.60 bits per heavy atom. The zero-order valence-electron chi connectivity index (χ0n) is 11.8. The van der Waals surface area contributed by atoms with Gasteiger partial charge in [-0.05, 0) is 54.8 Å². The van der Waals surface area contributed by atoms with Crippen LogP contribution in [0.4, 0.5) is 0 Å². The van der Waals surface area contributed by atoms with Gasteiger partial charge in [0.2, 0.25) is 0 Å². The molecule has 0 saturated heterocycles. The van der Waals surface area contributed by atoms with Crippen LogP contribution in [0.5, 0.6) is 0 Å². The summed E-state index contributed by atoms with van der Waals surface area (Å²) < 4.78 is 1.09. The van der Waals surface area contributed by atoms with Crippen molar-refractivity contribution in [3.05, 3.63) is 68.7 Å². The van der Waals surface area contributed by atoms with Crippen LogP contribution >= 0.6 is 27.5 Å². The highest BCUT2D eigenvalue weighted by Gasteiger charge is 2.18. The molecule has 2 aromatic rings. The molecule has 1 N–H and O–H groups in total. The number of hydrogen-bond donors (Lipinski definition) is 1. The zero-order valence-corrected chi connectivity index (χ0v) is 14.1. The first-order valence-corrected chi connectivity index (χ1v) is 8.04. The van der Waals surface area contributed by atoms with Crippen molar-refractivity contribution in [2.75, 3.05) is 6.54 Å². The van der Waals surface area contributed by atoms with Gasteiger partial charge in [0.25, 0.3) is 0 Å². The van der Waals surface area contributed by atoms with Crippen molar-refractivity contribution in [2.45, 2.75) is 26.3 Å². The van der Waals surface area contributed by atoms with Crippen molar-refractivity contribution in [3.63, 3.8) is 0 Å². The summed E-state index contributed by atoms with van der Waals surface area (Å²) in [5.41, 5.74) is 3.66. The normalized spacial score (nSPS) is 12.4. The molecule has 0 aliphatic heterocycles. The third-order valence-electron chi connectivity index (χ3n) is 3.37. The van der Waals surface area contributed by atoms with Gasteiger partial charge in [-0.3, -0.25) is 0 Å². The first kappa shape index (κ1) is 15.6. The van der Waals surface area contributed by atoms with Crippen molar-refractivity contribution >= 4 is 27.5 Å². The second-order valence-corrected chi connectivity index (χ2v) is 6.23. The summed E-state index contributed by atoms with van der Waals surface area (Å²) in [6, 6.07) is 14.6. The maximum Gasteiger partial charge on any atom is 0.0594 e. The molecule has 1 unspecified atom stereocenters. The smallest absolute Gasteiger partial charge is 0.0594 e. The SMILES string of the molecule is CCCNC(c1cc(Br)ccc1C)c1ccccc1Cl. The van der Waals surface area contributed by atoms with Crippen LogP contribution in [0.15, 0.2) is 46.9 Å². The van der Waals surface area contributed by atoms with E-state index in [1.54, 1.807) is 0 Å². The van der Waals surface area contributed by atoms with Crippen LogP contribution in [0.1, 0.15) is 36.1 Å². The molecule has 2 rings (SSSR count). The van der Waals surface area contributed by atoms with E-state index < -0.39 is 0 Å². The summed E-state index contributed by atoms with van der Waals surface area (Å²) in [6.07, 6.45) is 1.09. The predicted molar refractivity (Wildman–Crippen MR) is 90.5 cm³/mol. The zero-order chi connectivity index (χ0) is 14.5. The van der Waals surface area contributed by atoms with Gasteiger partial charge >= 0.3 is 0 Å². The number of aryl methyl sites for hydroxylation is 1. The molecule has 0 aliphatic rings. The highest BCUT2D eigenvalue weighted by Crippen LogP contribution is 2.31. The number of hydrogen-bond acceptors (Lipinski definition) is 1. The third-order valence-corrected chi connectivity index (χ3v) is 4.20. The fourth-order valence-corrected chi connectivity index (χ4v) is 2.93. The van der Waals surface area contributed by atoms with Crippen molar-refractivity contribution in [1.29, 1.82) is 0 Å². The topological polar surface area (TPSA) is 12.0 Å². The average Bonchev–Trinajstić information content (AvgIpc) is 2.44. The minimum absolute atomic E-state index is 0.126. The Morgan fingerprint density at radius 2 is 1.90 bits per heavy atom. The molecule has 0 aliphatic carbocycles. The van der Waals surface area contributed by atoms with Gasteiger partial charge in [0.1, 0.15) is 0 Å². The van der Waals surface area contributed by atoms with Gasteiger partial charge in [0.15, 0.2) is 0 Å². The Bertz CT molecular complexity index is 583. The number of halogens is 2. The van der Waals surface area contributed by atoms with Crippen LogP contribution < -0.4 is 5.32 Å². The molecule has 2 aromatic carbocycles. The van der Waals surface area contributed by atoms with Crippen molar-refractivity contribution in [1.82, 2.24) is 5.32 Å². The molecule has 3 heteroatoms. The second-order valence-electron chi connectivity index (χ2n) is 4.91. The second kappa shape index (κ2) is 7.26. The summed E-state index contributed by atoms with van der Waals surface area (Å²) in [4.78, 5) is 0. The Balaban J connectivity index is 2.47. The van der Waals surface area contributed by atoms with E-state index >= 15 is 0 Å². The van der Waals surface area contributed by atoms with Gasteiger partial charge < -0.3 is 5.32 Å². The molecule has 0 heterocycles. The first-order valence-electron chi connectivity index (χ1n) is 6.87. The fraction of sp³-hybridized carbons (Fsp3) is 0.294. The monoisotopic (exact) mass is 351 g/mol. The lowest BCUT2D eigenvalue weighted by atomic mass is 9.95. The van der Waals surface area contributed by atoms with Crippen molar-refractivity contribution in [2.24, 2.45) is 0 Å². The molecule has 20 heavy (non-hydrogen) atoms. The van der Waals surface area contributed by atoms with Gasteiger partial charge in [0, 0.05) is 9.50 Å². The lowest BCUT2D eigenvalue weighted by molar-refractivity contribution is 0.596. The minimum atomic E-state index is 0.126. The summed E-state index contributed by atoms with van der Waals surface area (Å²) in [7, 11) is 0. The van der Waals surface area contributed by atoms with Crippen LogP contribution in [0.3, 0.4) is 0 Å². The molecule has 106 valence electrons. The molecule has 0 aromatic heterocycles. The highest BCUT2D eigenvalue weighted by atomic mass is 79.9. The maximum absolute atomic E-state index is 6.39. The summed E-state index contributed by atoms with van der Waals surface area (Å²) in [5.74, 6) is 0. The Morgan fingerprint density at radius 1 is 1.15 bits per heavy atom. The van der Waals surface area contributed by atoms with E-state index in [0.717, 1.165) is 28.0 Å². The lowest BCUT2D eigenvalue weighted by Crippen LogP contribution is -2.24. The standard InChI is InChI=1S/C17H19BrClN/c1-3-10-20-17(14-6-4-5-7-16(14)19)15-11-13(18)9-8-12(15)2/h4-9,11,17,20H,3,10H2,1-2H3. The largest absolute Gasteiger partial charge is 0.306 e. The average molecular weight is 353 g/mol. The molecule has 0 amide bonds. The van der Waals surface area contributed by atoms with Crippen LogP contribution in [0.25, 0.3) is 0 Å². The van der Waals surface area contributed by atoms with Crippen LogP contribution in [0.2, 0.25) is 5.02 Å². The van der Waals surface area contributed by atoms with E-state index in [-0.39, 0.29) is 6.04 Å². The molecule has 0 radical (unpaired) electrons. The van der Waals surface area contributed by atoms with Crippen LogP contribution in [0, 0.1) is 6.92 Å². The third kappa shape index (κ3) is 3.63. The van der Waals surface area contributed by atoms with Gasteiger partial charge in [-0.15, -0.1) is 0 Å². The van der Waals surface area contributed by atoms with E-state index in [0.29, 0.717) is 0 Å². The van der Waals surface area contributed by atoms with Gasteiger partial charge in [0.05, 0.1) is 6.04 Å². The molecule has 1 nitrogen and oxygen atoms in total. The lowest BCUT2D eigenvalue weighted by Gasteiger charge is -2.22. The highest BCUT2D eigenvalue weighted by molar-refractivity contribution is 9.10. The van der Waals surface area contributed by atoms with E-state index in [1.807, 2.05) is 18.2 Å².